The second-order valence-corrected chi connectivity index (χ2v) is 4.56. The van der Waals surface area contributed by atoms with E-state index >= 15 is 0 Å². The third-order valence-corrected chi connectivity index (χ3v) is 2.43. The topological polar surface area (TPSA) is 67.4 Å². The molecule has 0 fully saturated rings. The van der Waals surface area contributed by atoms with E-state index in [1.807, 2.05) is 5.43 Å². The second-order valence-electron chi connectivity index (χ2n) is 3.06. The molecule has 0 saturated heterocycles. The average Bonchev–Trinajstić information content (AvgIpc) is 2.34. The molecular formula is C10H9Cl3N2O3. The zero-order valence-corrected chi connectivity index (χ0v) is 11.2. The number of halogens is 3. The van der Waals surface area contributed by atoms with Crippen LogP contribution < -0.4 is 15.6 Å². The summed E-state index contributed by atoms with van der Waals surface area (Å²) in [7, 11) is 0. The van der Waals surface area contributed by atoms with Gasteiger partial charge in [0, 0.05) is 0 Å². The highest BCUT2D eigenvalue weighted by Crippen LogP contribution is 2.22. The van der Waals surface area contributed by atoms with Crippen molar-refractivity contribution in [3.63, 3.8) is 0 Å². The molecule has 0 radical (unpaired) electrons. The van der Waals surface area contributed by atoms with Gasteiger partial charge < -0.3 is 4.74 Å². The first kappa shape index (κ1) is 14.9. The maximum absolute atomic E-state index is 11.3. The van der Waals surface area contributed by atoms with E-state index in [0.717, 1.165) is 0 Å². The Labute approximate surface area is 118 Å². The van der Waals surface area contributed by atoms with Gasteiger partial charge in [0.2, 0.25) is 0 Å². The van der Waals surface area contributed by atoms with Crippen LogP contribution in [0.5, 0.6) is 5.75 Å². The lowest BCUT2D eigenvalue weighted by atomic mass is 10.3. The summed E-state index contributed by atoms with van der Waals surface area (Å²) in [6.07, 6.45) is 0. The molecule has 2 N–H and O–H groups in total. The lowest BCUT2D eigenvalue weighted by Gasteiger charge is -2.09. The summed E-state index contributed by atoms with van der Waals surface area (Å²) in [6.45, 7) is -0.306. The second kappa shape index (κ2) is 7.31. The number of hydrogen-bond acceptors (Lipinski definition) is 3. The highest BCUT2D eigenvalue weighted by Gasteiger charge is 2.12. The van der Waals surface area contributed by atoms with Gasteiger partial charge in [0.05, 0.1) is 5.02 Å². The van der Waals surface area contributed by atoms with E-state index in [-0.39, 0.29) is 6.61 Å². The molecule has 0 aromatic heterocycles. The van der Waals surface area contributed by atoms with E-state index in [0.29, 0.717) is 10.8 Å². The fraction of sp³-hybridized carbons (Fsp3) is 0.200. The van der Waals surface area contributed by atoms with E-state index in [1.54, 1.807) is 24.3 Å². The molecule has 8 heteroatoms. The molecule has 1 rings (SSSR count). The largest absolute Gasteiger partial charge is 0.482 e. The van der Waals surface area contributed by atoms with Crippen LogP contribution in [0.25, 0.3) is 0 Å². The number of carbonyl (C=O) groups excluding carboxylic acids is 2. The van der Waals surface area contributed by atoms with Crippen LogP contribution in [0.2, 0.25) is 5.02 Å². The van der Waals surface area contributed by atoms with Crippen molar-refractivity contribution in [2.24, 2.45) is 0 Å². The van der Waals surface area contributed by atoms with Gasteiger partial charge in [-0.2, -0.15) is 0 Å². The number of hydrogen-bond donors (Lipinski definition) is 2. The van der Waals surface area contributed by atoms with Crippen LogP contribution >= 0.6 is 34.8 Å². The van der Waals surface area contributed by atoms with Crippen molar-refractivity contribution in [3.8, 4) is 5.75 Å². The molecule has 0 aliphatic carbocycles. The monoisotopic (exact) mass is 310 g/mol. The van der Waals surface area contributed by atoms with Gasteiger partial charge in [-0.3, -0.25) is 20.4 Å². The zero-order valence-electron chi connectivity index (χ0n) is 8.95. The minimum absolute atomic E-state index is 0.306. The number of nitrogens with one attached hydrogen (secondary N) is 2. The summed E-state index contributed by atoms with van der Waals surface area (Å²) in [4.78, 5) is 20.9. The number of benzene rings is 1. The first-order valence-electron chi connectivity index (χ1n) is 4.75. The Morgan fingerprint density at radius 2 is 1.89 bits per heavy atom. The Morgan fingerprint density at radius 3 is 2.50 bits per heavy atom. The normalized spacial score (nSPS) is 10.0. The third kappa shape index (κ3) is 5.00. The number of hydrazine groups is 1. The molecule has 0 atom stereocenters. The SMILES string of the molecule is O=C(COc1ccccc1Cl)NNC(=O)C(Cl)Cl. The highest BCUT2D eigenvalue weighted by atomic mass is 35.5. The molecule has 0 heterocycles. The minimum atomic E-state index is -1.25. The van der Waals surface area contributed by atoms with E-state index in [2.05, 4.69) is 5.43 Å². The molecule has 0 unspecified atom stereocenters. The average molecular weight is 312 g/mol. The van der Waals surface area contributed by atoms with Crippen molar-refractivity contribution in [2.45, 2.75) is 4.84 Å². The number of amides is 2. The standard InChI is InChI=1S/C10H9Cl3N2O3/c11-6-3-1-2-4-7(6)18-5-8(16)14-15-10(17)9(12)13/h1-4,9H,5H2,(H,14,16)(H,15,17). The van der Waals surface area contributed by atoms with Crippen molar-refractivity contribution in [1.82, 2.24) is 10.9 Å². The van der Waals surface area contributed by atoms with E-state index in [9.17, 15) is 9.59 Å². The number of ether oxygens (including phenoxy) is 1. The van der Waals surface area contributed by atoms with E-state index in [4.69, 9.17) is 39.5 Å². The molecule has 18 heavy (non-hydrogen) atoms. The van der Waals surface area contributed by atoms with Gasteiger partial charge in [-0.1, -0.05) is 46.9 Å². The summed E-state index contributed by atoms with van der Waals surface area (Å²) >= 11 is 16.3. The Bertz CT molecular complexity index is 440. The number of para-hydroxylation sites is 1. The summed E-state index contributed by atoms with van der Waals surface area (Å²) < 4.78 is 5.13. The summed E-state index contributed by atoms with van der Waals surface area (Å²) in [6, 6.07) is 6.69. The van der Waals surface area contributed by atoms with Gasteiger partial charge in [-0.05, 0) is 12.1 Å². The fourth-order valence-corrected chi connectivity index (χ4v) is 1.23. The molecule has 1 aromatic carbocycles. The van der Waals surface area contributed by atoms with Crippen LogP contribution in [0.15, 0.2) is 24.3 Å². The molecule has 0 saturated carbocycles. The van der Waals surface area contributed by atoms with E-state index in [1.165, 1.54) is 0 Å². The van der Waals surface area contributed by atoms with E-state index < -0.39 is 16.7 Å². The van der Waals surface area contributed by atoms with Gasteiger partial charge in [0.25, 0.3) is 11.8 Å². The Kier molecular flexibility index (Phi) is 6.04. The molecule has 0 aliphatic heterocycles. The van der Waals surface area contributed by atoms with Crippen LogP contribution in [0.1, 0.15) is 0 Å². The maximum Gasteiger partial charge on any atom is 0.276 e. The van der Waals surface area contributed by atoms with Crippen molar-refractivity contribution in [2.75, 3.05) is 6.61 Å². The van der Waals surface area contributed by atoms with Crippen molar-refractivity contribution in [3.05, 3.63) is 29.3 Å². The third-order valence-electron chi connectivity index (χ3n) is 1.72. The first-order valence-corrected chi connectivity index (χ1v) is 6.00. The summed E-state index contributed by atoms with van der Waals surface area (Å²) in [5, 5.41) is 0.385. The smallest absolute Gasteiger partial charge is 0.276 e. The van der Waals surface area contributed by atoms with Crippen LogP contribution in [-0.2, 0) is 9.59 Å². The van der Waals surface area contributed by atoms with Gasteiger partial charge in [0.15, 0.2) is 11.4 Å². The van der Waals surface area contributed by atoms with Crippen molar-refractivity contribution in [1.29, 1.82) is 0 Å². The molecule has 0 aliphatic rings. The maximum atomic E-state index is 11.3. The van der Waals surface area contributed by atoms with Crippen LogP contribution in [0, 0.1) is 0 Å². The minimum Gasteiger partial charge on any atom is -0.482 e. The number of alkyl halides is 2. The van der Waals surface area contributed by atoms with Gasteiger partial charge in [-0.15, -0.1) is 0 Å². The van der Waals surface area contributed by atoms with Crippen LogP contribution in [-0.4, -0.2) is 23.3 Å². The zero-order chi connectivity index (χ0) is 13.5. The van der Waals surface area contributed by atoms with Crippen LogP contribution in [0.4, 0.5) is 0 Å². The molecule has 2 amide bonds. The molecule has 0 spiro atoms. The number of rotatable bonds is 4. The quantitative estimate of drug-likeness (QED) is 0.656. The lowest BCUT2D eigenvalue weighted by molar-refractivity contribution is -0.129. The van der Waals surface area contributed by atoms with Gasteiger partial charge in [-0.25, -0.2) is 0 Å². The molecular weight excluding hydrogens is 302 g/mol. The fourth-order valence-electron chi connectivity index (χ4n) is 0.927. The summed E-state index contributed by atoms with van der Waals surface area (Å²) in [5.74, 6) is -0.935. The lowest BCUT2D eigenvalue weighted by Crippen LogP contribution is -2.45. The van der Waals surface area contributed by atoms with Gasteiger partial charge in [0.1, 0.15) is 5.75 Å². The summed E-state index contributed by atoms with van der Waals surface area (Å²) in [5.41, 5.74) is 4.10. The van der Waals surface area contributed by atoms with Crippen LogP contribution in [0.3, 0.4) is 0 Å². The predicted octanol–water partition coefficient (Wildman–Crippen LogP) is 1.67. The predicted molar refractivity (Wildman–Crippen MR) is 68.7 cm³/mol. The molecule has 0 bridgehead atoms. The number of carbonyl (C=O) groups is 2. The highest BCUT2D eigenvalue weighted by molar-refractivity contribution is 6.53. The van der Waals surface area contributed by atoms with Crippen molar-refractivity contribution < 1.29 is 14.3 Å². The molecule has 1 aromatic rings. The van der Waals surface area contributed by atoms with Gasteiger partial charge >= 0.3 is 0 Å². The Balaban J connectivity index is 2.34. The molecule has 5 nitrogen and oxygen atoms in total. The first-order chi connectivity index (χ1) is 8.50. The Morgan fingerprint density at radius 1 is 1.22 bits per heavy atom. The van der Waals surface area contributed by atoms with Crippen molar-refractivity contribution >= 4 is 46.6 Å². The Hall–Kier alpha value is -1.17. The molecule has 98 valence electrons.